The molecule has 0 aliphatic rings. The van der Waals surface area contributed by atoms with E-state index in [2.05, 4.69) is 0 Å². The van der Waals surface area contributed by atoms with Crippen LogP contribution in [0.1, 0.15) is 24.2 Å². The van der Waals surface area contributed by atoms with Crippen molar-refractivity contribution in [1.29, 1.82) is 0 Å². The van der Waals surface area contributed by atoms with Crippen LogP contribution in [0, 0.1) is 0 Å². The van der Waals surface area contributed by atoms with Crippen LogP contribution in [0.4, 0.5) is 0 Å². The van der Waals surface area contributed by atoms with Crippen molar-refractivity contribution in [3.8, 4) is 11.5 Å². The summed E-state index contributed by atoms with van der Waals surface area (Å²) < 4.78 is 4.92. The van der Waals surface area contributed by atoms with Crippen LogP contribution in [-0.2, 0) is 4.79 Å². The number of hydrogen-bond donors (Lipinski definition) is 2. The van der Waals surface area contributed by atoms with Gasteiger partial charge in [0.15, 0.2) is 0 Å². The zero-order valence-electron chi connectivity index (χ0n) is 11.1. The minimum atomic E-state index is -1.10. The molecule has 2 N–H and O–H groups in total. The van der Waals surface area contributed by atoms with Crippen molar-refractivity contribution in [2.24, 2.45) is 0 Å². The normalized spacial score (nSPS) is 10.3. The monoisotopic (exact) mass is 267 g/mol. The van der Waals surface area contributed by atoms with Crippen LogP contribution < -0.4 is 4.74 Å². The number of hydrogen-bond acceptors (Lipinski definition) is 4. The number of ether oxygens (including phenoxy) is 1. The summed E-state index contributed by atoms with van der Waals surface area (Å²) in [5.41, 5.74) is 0.0516. The highest BCUT2D eigenvalue weighted by atomic mass is 16.5. The van der Waals surface area contributed by atoms with E-state index in [0.717, 1.165) is 0 Å². The Kier molecular flexibility index (Phi) is 4.74. The molecule has 19 heavy (non-hydrogen) atoms. The molecule has 0 aromatic heterocycles. The molecule has 0 spiro atoms. The van der Waals surface area contributed by atoms with E-state index >= 15 is 0 Å². The fourth-order valence-corrected chi connectivity index (χ4v) is 1.61. The van der Waals surface area contributed by atoms with Crippen molar-refractivity contribution in [1.82, 2.24) is 4.90 Å². The van der Waals surface area contributed by atoms with Crippen LogP contribution in [0.3, 0.4) is 0 Å². The molecule has 0 atom stereocenters. The molecule has 0 fully saturated rings. The van der Waals surface area contributed by atoms with Crippen LogP contribution >= 0.6 is 0 Å². The van der Waals surface area contributed by atoms with Gasteiger partial charge in [-0.05, 0) is 26.0 Å². The minimum absolute atomic E-state index is 0.0516. The highest BCUT2D eigenvalue weighted by Crippen LogP contribution is 2.25. The fraction of sp³-hybridized carbons (Fsp3) is 0.385. The number of phenols is 1. The third-order valence-corrected chi connectivity index (χ3v) is 2.63. The van der Waals surface area contributed by atoms with Crippen molar-refractivity contribution in [3.63, 3.8) is 0 Å². The molecule has 0 unspecified atom stereocenters. The number of aromatic hydroxyl groups is 1. The van der Waals surface area contributed by atoms with E-state index in [0.29, 0.717) is 5.75 Å². The summed E-state index contributed by atoms with van der Waals surface area (Å²) in [5, 5.41) is 18.6. The fourth-order valence-electron chi connectivity index (χ4n) is 1.61. The van der Waals surface area contributed by atoms with E-state index in [1.54, 1.807) is 13.8 Å². The molecule has 0 radical (unpaired) electrons. The molecule has 0 saturated carbocycles. The zero-order chi connectivity index (χ0) is 14.6. The first-order chi connectivity index (χ1) is 8.86. The lowest BCUT2D eigenvalue weighted by molar-refractivity contribution is -0.138. The standard InChI is InChI=1S/C13H17NO5/c1-8(2)14(7-12(16)17)13(18)10-5-4-9(19-3)6-11(10)15/h4-6,8,15H,7H2,1-3H3,(H,16,17). The van der Waals surface area contributed by atoms with Gasteiger partial charge in [-0.25, -0.2) is 0 Å². The van der Waals surface area contributed by atoms with Gasteiger partial charge in [0.25, 0.3) is 5.91 Å². The van der Waals surface area contributed by atoms with Gasteiger partial charge in [-0.2, -0.15) is 0 Å². The van der Waals surface area contributed by atoms with Gasteiger partial charge in [0.2, 0.25) is 0 Å². The van der Waals surface area contributed by atoms with Gasteiger partial charge in [0.1, 0.15) is 18.0 Å². The maximum atomic E-state index is 12.2. The molecule has 1 aromatic carbocycles. The Morgan fingerprint density at radius 3 is 2.42 bits per heavy atom. The molecule has 104 valence electrons. The molecule has 6 nitrogen and oxygen atoms in total. The Labute approximate surface area is 111 Å². The van der Waals surface area contributed by atoms with E-state index in [1.807, 2.05) is 0 Å². The van der Waals surface area contributed by atoms with Crippen LogP contribution in [-0.4, -0.2) is 46.7 Å². The number of aliphatic carboxylic acids is 1. The summed E-state index contributed by atoms with van der Waals surface area (Å²) in [6.45, 7) is 3.00. The van der Waals surface area contributed by atoms with Crippen molar-refractivity contribution < 1.29 is 24.5 Å². The Bertz CT molecular complexity index is 484. The first-order valence-electron chi connectivity index (χ1n) is 5.76. The van der Waals surface area contributed by atoms with E-state index in [9.17, 15) is 14.7 Å². The SMILES string of the molecule is COc1ccc(C(=O)N(CC(=O)O)C(C)C)c(O)c1. The van der Waals surface area contributed by atoms with Gasteiger partial charge >= 0.3 is 5.97 Å². The Hall–Kier alpha value is -2.24. The number of benzene rings is 1. The number of carbonyl (C=O) groups excluding carboxylic acids is 1. The second-order valence-corrected chi connectivity index (χ2v) is 4.30. The van der Waals surface area contributed by atoms with Gasteiger partial charge in [-0.15, -0.1) is 0 Å². The molecule has 0 aliphatic heterocycles. The lowest BCUT2D eigenvalue weighted by atomic mass is 10.1. The minimum Gasteiger partial charge on any atom is -0.507 e. The second-order valence-electron chi connectivity index (χ2n) is 4.30. The number of methoxy groups -OCH3 is 1. The smallest absolute Gasteiger partial charge is 0.323 e. The summed E-state index contributed by atoms with van der Waals surface area (Å²) in [5.74, 6) is -1.45. The van der Waals surface area contributed by atoms with Gasteiger partial charge in [0, 0.05) is 12.1 Å². The maximum absolute atomic E-state index is 12.2. The molecule has 1 amide bonds. The average Bonchev–Trinajstić information content (AvgIpc) is 2.34. The molecule has 6 heteroatoms. The first kappa shape index (κ1) is 14.8. The van der Waals surface area contributed by atoms with Crippen molar-refractivity contribution in [2.45, 2.75) is 19.9 Å². The molecule has 0 aliphatic carbocycles. The molecule has 1 rings (SSSR count). The number of rotatable bonds is 5. The number of carboxylic acid groups (broad SMARTS) is 1. The second kappa shape index (κ2) is 6.08. The van der Waals surface area contributed by atoms with Crippen LogP contribution in [0.2, 0.25) is 0 Å². The van der Waals surface area contributed by atoms with E-state index < -0.39 is 18.4 Å². The maximum Gasteiger partial charge on any atom is 0.323 e. The van der Waals surface area contributed by atoms with Crippen molar-refractivity contribution >= 4 is 11.9 Å². The van der Waals surface area contributed by atoms with Gasteiger partial charge in [-0.3, -0.25) is 9.59 Å². The van der Waals surface area contributed by atoms with Gasteiger partial charge < -0.3 is 19.8 Å². The number of nitrogens with zero attached hydrogens (tertiary/aromatic N) is 1. The number of carboxylic acids is 1. The molecular formula is C13H17NO5. The molecule has 1 aromatic rings. The van der Waals surface area contributed by atoms with Crippen LogP contribution in [0.25, 0.3) is 0 Å². The Morgan fingerprint density at radius 1 is 1.37 bits per heavy atom. The molecule has 0 heterocycles. The first-order valence-corrected chi connectivity index (χ1v) is 5.76. The molecular weight excluding hydrogens is 250 g/mol. The zero-order valence-corrected chi connectivity index (χ0v) is 11.1. The largest absolute Gasteiger partial charge is 0.507 e. The lowest BCUT2D eigenvalue weighted by Gasteiger charge is -2.25. The van der Waals surface area contributed by atoms with Crippen molar-refractivity contribution in [2.75, 3.05) is 13.7 Å². The summed E-state index contributed by atoms with van der Waals surface area (Å²) in [4.78, 5) is 24.1. The van der Waals surface area contributed by atoms with Crippen LogP contribution in [0.15, 0.2) is 18.2 Å². The highest BCUT2D eigenvalue weighted by molar-refractivity contribution is 5.98. The van der Waals surface area contributed by atoms with Gasteiger partial charge in [0.05, 0.1) is 12.7 Å². The van der Waals surface area contributed by atoms with E-state index in [4.69, 9.17) is 9.84 Å². The third-order valence-electron chi connectivity index (χ3n) is 2.63. The van der Waals surface area contributed by atoms with Crippen LogP contribution in [0.5, 0.6) is 11.5 Å². The highest BCUT2D eigenvalue weighted by Gasteiger charge is 2.23. The number of phenolic OH excluding ortho intramolecular Hbond substituents is 1. The third kappa shape index (κ3) is 3.61. The number of amides is 1. The predicted octanol–water partition coefficient (Wildman–Crippen LogP) is 1.34. The number of carbonyl (C=O) groups is 2. The quantitative estimate of drug-likeness (QED) is 0.840. The molecule has 0 bridgehead atoms. The summed E-state index contributed by atoms with van der Waals surface area (Å²) >= 11 is 0. The predicted molar refractivity (Wildman–Crippen MR) is 68.5 cm³/mol. The summed E-state index contributed by atoms with van der Waals surface area (Å²) in [6.07, 6.45) is 0. The summed E-state index contributed by atoms with van der Waals surface area (Å²) in [7, 11) is 1.45. The Morgan fingerprint density at radius 2 is 2.00 bits per heavy atom. The topological polar surface area (TPSA) is 87.1 Å². The van der Waals surface area contributed by atoms with Crippen molar-refractivity contribution in [3.05, 3.63) is 23.8 Å². The summed E-state index contributed by atoms with van der Waals surface area (Å²) in [6, 6.07) is 3.97. The molecule has 0 saturated heterocycles. The lowest BCUT2D eigenvalue weighted by Crippen LogP contribution is -2.40. The van der Waals surface area contributed by atoms with Gasteiger partial charge in [-0.1, -0.05) is 0 Å². The van der Waals surface area contributed by atoms with E-state index in [-0.39, 0.29) is 17.4 Å². The van der Waals surface area contributed by atoms with E-state index in [1.165, 1.54) is 30.2 Å². The average molecular weight is 267 g/mol. The Balaban J connectivity index is 3.06.